The molecule has 3 aromatic rings. The van der Waals surface area contributed by atoms with E-state index in [1.807, 2.05) is 42.5 Å². The molecular formula is C20H15BrN4O3. The number of carbonyl (C=O) groups excluding carboxylic acids is 2. The van der Waals surface area contributed by atoms with Gasteiger partial charge in [0.05, 0.1) is 27.8 Å². The molecule has 2 heterocycles. The molecule has 1 atom stereocenters. The van der Waals surface area contributed by atoms with Crippen molar-refractivity contribution < 1.29 is 14.3 Å². The predicted octanol–water partition coefficient (Wildman–Crippen LogP) is 2.22. The maximum Gasteiger partial charge on any atom is 0.303 e. The number of fused-ring (bicyclic) bond motifs is 1. The zero-order valence-electron chi connectivity index (χ0n) is 14.9. The van der Waals surface area contributed by atoms with Crippen molar-refractivity contribution in [2.45, 2.75) is 19.6 Å². The number of benzene rings is 2. The van der Waals surface area contributed by atoms with Crippen LogP contribution in [0.25, 0.3) is 5.69 Å². The zero-order chi connectivity index (χ0) is 19.7. The van der Waals surface area contributed by atoms with Crippen molar-refractivity contribution in [2.75, 3.05) is 0 Å². The Labute approximate surface area is 168 Å². The van der Waals surface area contributed by atoms with Crippen LogP contribution in [-0.4, -0.2) is 21.7 Å². The normalized spacial score (nSPS) is 15.4. The minimum Gasteiger partial charge on any atom is -0.459 e. The molecule has 4 rings (SSSR count). The zero-order valence-corrected chi connectivity index (χ0v) is 16.5. The van der Waals surface area contributed by atoms with E-state index < -0.39 is 12.0 Å². The van der Waals surface area contributed by atoms with E-state index in [4.69, 9.17) is 4.74 Å². The van der Waals surface area contributed by atoms with Gasteiger partial charge in [-0.15, -0.1) is 0 Å². The second-order valence-electron chi connectivity index (χ2n) is 6.20. The number of carbonyl (C=O) groups is 2. The van der Waals surface area contributed by atoms with Crippen LogP contribution in [-0.2, 0) is 20.9 Å². The molecule has 0 saturated carbocycles. The Morgan fingerprint density at radius 2 is 1.86 bits per heavy atom. The molecule has 0 saturated heterocycles. The summed E-state index contributed by atoms with van der Waals surface area (Å²) < 4.78 is 7.73. The molecule has 7 nitrogen and oxygen atoms in total. The molecule has 1 aromatic heterocycles. The molecule has 1 unspecified atom stereocenters. The summed E-state index contributed by atoms with van der Waals surface area (Å²) in [6.07, 6.45) is 0. The van der Waals surface area contributed by atoms with E-state index in [0.717, 1.165) is 10.2 Å². The van der Waals surface area contributed by atoms with Gasteiger partial charge in [0.1, 0.15) is 6.61 Å². The lowest BCUT2D eigenvalue weighted by molar-refractivity contribution is -0.142. The van der Waals surface area contributed by atoms with E-state index in [2.05, 4.69) is 31.0 Å². The highest BCUT2D eigenvalue weighted by molar-refractivity contribution is 9.10. The summed E-state index contributed by atoms with van der Waals surface area (Å²) in [5.41, 5.74) is 1.86. The van der Waals surface area contributed by atoms with Crippen LogP contribution >= 0.6 is 15.9 Å². The summed E-state index contributed by atoms with van der Waals surface area (Å²) in [7, 11) is 0. The van der Waals surface area contributed by atoms with Gasteiger partial charge in [-0.05, 0) is 42.5 Å². The fraction of sp³-hybridized carbons (Fsp3) is 0.150. The summed E-state index contributed by atoms with van der Waals surface area (Å²) in [5, 5.41) is 5.77. The van der Waals surface area contributed by atoms with Gasteiger partial charge >= 0.3 is 5.97 Å². The van der Waals surface area contributed by atoms with Crippen LogP contribution < -0.4 is 10.7 Å². The highest BCUT2D eigenvalue weighted by Crippen LogP contribution is 2.23. The van der Waals surface area contributed by atoms with Gasteiger partial charge in [-0.2, -0.15) is 5.10 Å². The van der Waals surface area contributed by atoms with Gasteiger partial charge in [0.25, 0.3) is 5.91 Å². The van der Waals surface area contributed by atoms with E-state index in [0.29, 0.717) is 22.1 Å². The molecule has 0 fully saturated rings. The van der Waals surface area contributed by atoms with Gasteiger partial charge in [-0.3, -0.25) is 14.6 Å². The number of rotatable bonds is 4. The Balaban J connectivity index is 1.78. The Kier molecular flexibility index (Phi) is 4.87. The monoisotopic (exact) mass is 438 g/mol. The molecule has 0 spiro atoms. The third kappa shape index (κ3) is 3.63. The molecule has 28 heavy (non-hydrogen) atoms. The first-order valence-electron chi connectivity index (χ1n) is 8.55. The van der Waals surface area contributed by atoms with Gasteiger partial charge in [0.15, 0.2) is 6.04 Å². The topological polar surface area (TPSA) is 85.9 Å². The van der Waals surface area contributed by atoms with Crippen LogP contribution in [0.5, 0.6) is 0 Å². The second kappa shape index (κ2) is 7.47. The first-order chi connectivity index (χ1) is 13.5. The lowest BCUT2D eigenvalue weighted by Gasteiger charge is -2.09. The molecule has 0 N–H and O–H groups in total. The third-order valence-corrected chi connectivity index (χ3v) is 4.72. The van der Waals surface area contributed by atoms with Gasteiger partial charge < -0.3 is 4.74 Å². The van der Waals surface area contributed by atoms with Crippen LogP contribution in [0.1, 0.15) is 24.4 Å². The smallest absolute Gasteiger partial charge is 0.303 e. The van der Waals surface area contributed by atoms with Gasteiger partial charge in [0, 0.05) is 11.4 Å². The lowest BCUT2D eigenvalue weighted by atomic mass is 10.1. The van der Waals surface area contributed by atoms with Crippen LogP contribution in [0.15, 0.2) is 69.1 Å². The van der Waals surface area contributed by atoms with Crippen LogP contribution in [0.3, 0.4) is 0 Å². The highest BCUT2D eigenvalue weighted by Gasteiger charge is 2.26. The second-order valence-corrected chi connectivity index (χ2v) is 7.12. The third-order valence-electron chi connectivity index (χ3n) is 4.19. The summed E-state index contributed by atoms with van der Waals surface area (Å²) in [6, 6.07) is 15.6. The van der Waals surface area contributed by atoms with Gasteiger partial charge in [-0.25, -0.2) is 9.67 Å². The summed E-state index contributed by atoms with van der Waals surface area (Å²) in [5.74, 6) is -0.773. The maximum absolute atomic E-state index is 12.5. The average molecular weight is 439 g/mol. The van der Waals surface area contributed by atoms with Crippen molar-refractivity contribution in [2.24, 2.45) is 9.98 Å². The summed E-state index contributed by atoms with van der Waals surface area (Å²) >= 11 is 3.41. The number of amides is 1. The minimum atomic E-state index is -0.831. The summed E-state index contributed by atoms with van der Waals surface area (Å²) in [6.45, 7) is 1.38. The molecule has 1 aliphatic rings. The number of halogens is 1. The fourth-order valence-electron chi connectivity index (χ4n) is 2.89. The average Bonchev–Trinajstić information content (AvgIpc) is 3.10. The molecule has 1 aliphatic heterocycles. The van der Waals surface area contributed by atoms with Crippen molar-refractivity contribution >= 4 is 27.8 Å². The van der Waals surface area contributed by atoms with E-state index >= 15 is 0 Å². The number of esters is 1. The van der Waals surface area contributed by atoms with Crippen LogP contribution in [0.2, 0.25) is 0 Å². The largest absolute Gasteiger partial charge is 0.459 e. The van der Waals surface area contributed by atoms with Crippen molar-refractivity contribution in [3.05, 3.63) is 81.2 Å². The molecular weight excluding hydrogens is 424 g/mol. The van der Waals surface area contributed by atoms with Gasteiger partial charge in [0.2, 0.25) is 0 Å². The molecule has 140 valence electrons. The van der Waals surface area contributed by atoms with Crippen molar-refractivity contribution in [1.29, 1.82) is 0 Å². The highest BCUT2D eigenvalue weighted by atomic mass is 79.9. The number of nitrogens with zero attached hydrogens (tertiary/aromatic N) is 4. The fourth-order valence-corrected chi connectivity index (χ4v) is 3.16. The number of hydrogen-bond acceptors (Lipinski definition) is 5. The Hall–Kier alpha value is -3.13. The molecule has 0 aliphatic carbocycles. The lowest BCUT2D eigenvalue weighted by Crippen LogP contribution is -2.33. The molecule has 2 aromatic carbocycles. The molecule has 0 radical (unpaired) electrons. The predicted molar refractivity (Wildman–Crippen MR) is 103 cm³/mol. The SMILES string of the molecule is CC(=O)OCc1cc(C2N=c3ccccc3=NC2=O)nn1-c1ccc(Br)cc1. The Morgan fingerprint density at radius 3 is 2.57 bits per heavy atom. The van der Waals surface area contributed by atoms with Crippen molar-refractivity contribution in [1.82, 2.24) is 9.78 Å². The first kappa shape index (κ1) is 18.2. The van der Waals surface area contributed by atoms with Crippen LogP contribution in [0, 0.1) is 0 Å². The maximum atomic E-state index is 12.5. The number of aromatic nitrogens is 2. The molecule has 8 heteroatoms. The van der Waals surface area contributed by atoms with E-state index in [1.165, 1.54) is 6.92 Å². The number of hydrogen-bond donors (Lipinski definition) is 0. The first-order valence-corrected chi connectivity index (χ1v) is 9.34. The molecule has 0 bridgehead atoms. The number of ether oxygens (including phenoxy) is 1. The van der Waals surface area contributed by atoms with E-state index in [1.54, 1.807) is 16.8 Å². The Morgan fingerprint density at radius 1 is 1.14 bits per heavy atom. The standard InChI is InChI=1S/C20H15BrN4O3/c1-12(26)28-11-15-10-18(24-25(15)14-8-6-13(21)7-9-14)19-20(27)23-17-5-3-2-4-16(17)22-19/h2-10,19H,11H2,1H3. The van der Waals surface area contributed by atoms with Crippen LogP contribution in [0.4, 0.5) is 0 Å². The molecule has 1 amide bonds. The Bertz CT molecular complexity index is 1180. The van der Waals surface area contributed by atoms with Crippen molar-refractivity contribution in [3.8, 4) is 5.69 Å². The minimum absolute atomic E-state index is 0.0348. The van der Waals surface area contributed by atoms with E-state index in [-0.39, 0.29) is 12.5 Å². The van der Waals surface area contributed by atoms with E-state index in [9.17, 15) is 9.59 Å². The van der Waals surface area contributed by atoms with Gasteiger partial charge in [-0.1, -0.05) is 28.1 Å². The summed E-state index contributed by atoms with van der Waals surface area (Å²) in [4.78, 5) is 32.4. The quantitative estimate of drug-likeness (QED) is 0.584. The number of para-hydroxylation sites is 2. The van der Waals surface area contributed by atoms with Crippen molar-refractivity contribution in [3.63, 3.8) is 0 Å².